The molecular formula is C25H29NO5. The van der Waals surface area contributed by atoms with Crippen LogP contribution in [0.3, 0.4) is 0 Å². The van der Waals surface area contributed by atoms with Crippen LogP contribution < -0.4 is 0 Å². The summed E-state index contributed by atoms with van der Waals surface area (Å²) in [6.45, 7) is 6.76. The van der Waals surface area contributed by atoms with Gasteiger partial charge in [-0.05, 0) is 74.0 Å². The van der Waals surface area contributed by atoms with Crippen LogP contribution >= 0.6 is 0 Å². The van der Waals surface area contributed by atoms with Gasteiger partial charge in [-0.2, -0.15) is 0 Å². The number of aromatic amines is 1. The van der Waals surface area contributed by atoms with E-state index in [4.69, 9.17) is 9.47 Å². The lowest BCUT2D eigenvalue weighted by atomic mass is 9.35. The molecule has 6 heteroatoms. The van der Waals surface area contributed by atoms with E-state index in [2.05, 4.69) is 18.5 Å². The quantitative estimate of drug-likeness (QED) is 0.577. The number of rotatable bonds is 2. The Balaban J connectivity index is 1.50. The van der Waals surface area contributed by atoms with Crippen LogP contribution in [0.25, 0.3) is 0 Å². The Morgan fingerprint density at radius 3 is 2.81 bits per heavy atom. The molecule has 1 N–H and O–H groups in total. The molecule has 7 rings (SSSR count). The van der Waals surface area contributed by atoms with Crippen LogP contribution in [-0.4, -0.2) is 35.4 Å². The molecule has 5 aliphatic carbocycles. The molecule has 2 heterocycles. The zero-order chi connectivity index (χ0) is 21.6. The second-order valence-corrected chi connectivity index (χ2v) is 10.8. The molecule has 6 aliphatic rings. The number of cyclic esters (lactones) is 1. The third kappa shape index (κ3) is 2.21. The molecule has 7 atom stereocenters. The lowest BCUT2D eigenvalue weighted by Crippen LogP contribution is -2.73. The molecule has 1 aliphatic heterocycles. The summed E-state index contributed by atoms with van der Waals surface area (Å²) in [6.07, 6.45) is 6.71. The normalized spacial score (nSPS) is 45.5. The Labute approximate surface area is 181 Å². The number of esters is 2. The van der Waals surface area contributed by atoms with Gasteiger partial charge >= 0.3 is 11.9 Å². The molecule has 0 radical (unpaired) electrons. The third-order valence-corrected chi connectivity index (χ3v) is 9.68. The van der Waals surface area contributed by atoms with E-state index in [1.165, 1.54) is 0 Å². The van der Waals surface area contributed by atoms with Crippen molar-refractivity contribution in [2.75, 3.05) is 6.61 Å². The van der Waals surface area contributed by atoms with Crippen molar-refractivity contribution in [2.45, 2.75) is 58.0 Å². The van der Waals surface area contributed by atoms with Crippen molar-refractivity contribution < 1.29 is 23.9 Å². The number of hydrogen-bond donors (Lipinski definition) is 1. The van der Waals surface area contributed by atoms with E-state index in [1.54, 1.807) is 18.3 Å². The summed E-state index contributed by atoms with van der Waals surface area (Å²) in [7, 11) is 0. The highest BCUT2D eigenvalue weighted by molar-refractivity contribution is 6.03. The number of carbonyl (C=O) groups excluding carboxylic acids is 3. The van der Waals surface area contributed by atoms with Crippen LogP contribution in [0.15, 0.2) is 30.5 Å². The first-order chi connectivity index (χ1) is 14.8. The van der Waals surface area contributed by atoms with Crippen molar-refractivity contribution in [1.29, 1.82) is 0 Å². The van der Waals surface area contributed by atoms with Gasteiger partial charge in [0.05, 0.1) is 17.4 Å². The van der Waals surface area contributed by atoms with Gasteiger partial charge in [-0.25, -0.2) is 4.79 Å². The number of hydrogen-bond acceptors (Lipinski definition) is 5. The smallest absolute Gasteiger partial charge is 0.355 e. The van der Waals surface area contributed by atoms with Gasteiger partial charge in [0.25, 0.3) is 0 Å². The van der Waals surface area contributed by atoms with Gasteiger partial charge in [0, 0.05) is 11.6 Å². The summed E-state index contributed by atoms with van der Waals surface area (Å²) in [5, 5.41) is 0. The van der Waals surface area contributed by atoms with E-state index in [9.17, 15) is 14.4 Å². The van der Waals surface area contributed by atoms with Crippen LogP contribution in [0.5, 0.6) is 0 Å². The summed E-state index contributed by atoms with van der Waals surface area (Å²) in [5.41, 5.74) is -0.601. The average molecular weight is 424 g/mol. The highest BCUT2D eigenvalue weighted by Gasteiger charge is 2.76. The fraction of sp³-hybridized carbons (Fsp3) is 0.640. The highest BCUT2D eigenvalue weighted by atomic mass is 16.5. The molecule has 0 amide bonds. The number of Topliss-reactive ketones (excluding diaryl/α,β-unsaturated/α-hetero) is 1. The minimum absolute atomic E-state index is 0.0164. The topological polar surface area (TPSA) is 85.5 Å². The molecule has 4 bridgehead atoms. The Morgan fingerprint density at radius 2 is 2.03 bits per heavy atom. The third-order valence-electron chi connectivity index (χ3n) is 9.68. The first kappa shape index (κ1) is 19.3. The van der Waals surface area contributed by atoms with Crippen molar-refractivity contribution >= 4 is 17.7 Å². The van der Waals surface area contributed by atoms with Gasteiger partial charge in [0.2, 0.25) is 0 Å². The molecule has 0 aromatic carbocycles. The average Bonchev–Trinajstić information content (AvgIpc) is 3.30. The predicted octanol–water partition coefficient (Wildman–Crippen LogP) is 3.84. The fourth-order valence-electron chi connectivity index (χ4n) is 8.29. The molecule has 1 aromatic heterocycles. The molecule has 6 fully saturated rings. The van der Waals surface area contributed by atoms with Gasteiger partial charge in [-0.3, -0.25) is 9.59 Å². The monoisotopic (exact) mass is 423 g/mol. The molecule has 6 nitrogen and oxygen atoms in total. The van der Waals surface area contributed by atoms with E-state index in [1.807, 2.05) is 0 Å². The molecule has 1 spiro atoms. The maximum absolute atomic E-state index is 13.8. The maximum atomic E-state index is 13.8. The zero-order valence-corrected chi connectivity index (χ0v) is 17.9. The molecule has 164 valence electrons. The van der Waals surface area contributed by atoms with E-state index in [0.717, 1.165) is 32.1 Å². The standard InChI is InChI=1S/C25H29NO5/c1-14-15-6-9-25(20(14)27)18(11-15)24-8-4-7-23(2,13-30-22(24)29)17(24)12-19(25)31-21(28)16-5-3-10-26-16/h3,5,10,15,17-19,26H,1,4,6-9,11-13H2,2H3/t15?,17?,18?,19-,23+,24+,25?/m1/s1. The minimum atomic E-state index is -0.862. The SMILES string of the molecule is C=C1C(=O)C23CCC1CC2[C@@]12CCC[C@@](C)(COC1=O)C2C[C@H]3OC(=O)c1ccc[nH]1. The van der Waals surface area contributed by atoms with Gasteiger partial charge < -0.3 is 14.5 Å². The number of nitrogens with one attached hydrogen (secondary N) is 1. The van der Waals surface area contributed by atoms with Crippen molar-refractivity contribution in [3.8, 4) is 0 Å². The lowest BCUT2D eigenvalue weighted by Gasteiger charge is -2.69. The number of H-pyrrole nitrogens is 1. The Hall–Kier alpha value is -2.37. The first-order valence-electron chi connectivity index (χ1n) is 11.6. The number of ether oxygens (including phenoxy) is 2. The first-order valence-corrected chi connectivity index (χ1v) is 11.6. The van der Waals surface area contributed by atoms with Crippen LogP contribution in [0, 0.1) is 34.0 Å². The van der Waals surface area contributed by atoms with Crippen molar-refractivity contribution in [2.24, 2.45) is 34.0 Å². The lowest BCUT2D eigenvalue weighted by molar-refractivity contribution is -0.254. The molecule has 1 saturated heterocycles. The van der Waals surface area contributed by atoms with E-state index in [-0.39, 0.29) is 34.9 Å². The summed E-state index contributed by atoms with van der Waals surface area (Å²) >= 11 is 0. The number of fused-ring (bicyclic) bond motifs is 2. The highest BCUT2D eigenvalue weighted by Crippen LogP contribution is 2.73. The van der Waals surface area contributed by atoms with Crippen LogP contribution in [-0.2, 0) is 19.1 Å². The Morgan fingerprint density at radius 1 is 1.19 bits per heavy atom. The molecule has 5 saturated carbocycles. The number of carbonyl (C=O) groups is 3. The van der Waals surface area contributed by atoms with Gasteiger partial charge in [-0.1, -0.05) is 19.9 Å². The molecule has 1 aromatic rings. The molecule has 31 heavy (non-hydrogen) atoms. The summed E-state index contributed by atoms with van der Waals surface area (Å²) in [5.74, 6) is -0.507. The van der Waals surface area contributed by atoms with E-state index in [0.29, 0.717) is 30.7 Å². The summed E-state index contributed by atoms with van der Waals surface area (Å²) in [6, 6.07) is 3.45. The Kier molecular flexibility index (Phi) is 3.81. The van der Waals surface area contributed by atoms with Crippen LogP contribution in [0.4, 0.5) is 0 Å². The van der Waals surface area contributed by atoms with Gasteiger partial charge in [0.15, 0.2) is 5.78 Å². The summed E-state index contributed by atoms with van der Waals surface area (Å²) < 4.78 is 12.0. The van der Waals surface area contributed by atoms with Crippen LogP contribution in [0.2, 0.25) is 0 Å². The Bertz CT molecular complexity index is 998. The second kappa shape index (κ2) is 6.11. The number of allylic oxidation sites excluding steroid dienone is 1. The maximum Gasteiger partial charge on any atom is 0.355 e. The fourth-order valence-corrected chi connectivity index (χ4v) is 8.29. The van der Waals surface area contributed by atoms with Gasteiger partial charge in [0.1, 0.15) is 11.8 Å². The predicted molar refractivity (Wildman–Crippen MR) is 111 cm³/mol. The largest absolute Gasteiger partial charge is 0.465 e. The van der Waals surface area contributed by atoms with Crippen molar-refractivity contribution in [1.82, 2.24) is 4.98 Å². The summed E-state index contributed by atoms with van der Waals surface area (Å²) in [4.78, 5) is 43.2. The zero-order valence-electron chi connectivity index (χ0n) is 17.9. The van der Waals surface area contributed by atoms with E-state index < -0.39 is 22.9 Å². The van der Waals surface area contributed by atoms with Gasteiger partial charge in [-0.15, -0.1) is 0 Å². The van der Waals surface area contributed by atoms with Crippen molar-refractivity contribution in [3.63, 3.8) is 0 Å². The van der Waals surface area contributed by atoms with Crippen molar-refractivity contribution in [3.05, 3.63) is 36.2 Å². The minimum Gasteiger partial charge on any atom is -0.465 e. The second-order valence-electron chi connectivity index (χ2n) is 10.8. The van der Waals surface area contributed by atoms with E-state index >= 15 is 0 Å². The molecular weight excluding hydrogens is 394 g/mol. The van der Waals surface area contributed by atoms with Crippen LogP contribution in [0.1, 0.15) is 62.4 Å². The number of ketones is 1. The molecule has 4 unspecified atom stereocenters. The number of aromatic nitrogens is 1.